The third-order valence-electron chi connectivity index (χ3n) is 1.35. The van der Waals surface area contributed by atoms with Crippen molar-refractivity contribution in [3.05, 3.63) is 4.91 Å². The van der Waals surface area contributed by atoms with Crippen molar-refractivity contribution < 1.29 is 0 Å². The minimum Gasteiger partial charge on any atom is -0.165 e. The molecule has 0 N–H and O–H groups in total. The van der Waals surface area contributed by atoms with E-state index in [0.29, 0.717) is 6.54 Å². The van der Waals surface area contributed by atoms with Gasteiger partial charge in [-0.05, 0) is 24.9 Å². The predicted molar refractivity (Wildman–Crippen MR) is 47.5 cm³/mol. The first-order valence-corrected chi connectivity index (χ1v) is 5.09. The van der Waals surface area contributed by atoms with Crippen molar-refractivity contribution in [2.45, 2.75) is 25.7 Å². The Morgan fingerprint density at radius 3 is 2.50 bits per heavy atom. The van der Waals surface area contributed by atoms with Gasteiger partial charge in [-0.25, -0.2) is 0 Å². The van der Waals surface area contributed by atoms with Crippen molar-refractivity contribution in [1.29, 1.82) is 0 Å². The molecule has 60 valence electrons. The third-order valence-corrected chi connectivity index (χ3v) is 2.04. The maximum absolute atomic E-state index is 9.64. The van der Waals surface area contributed by atoms with E-state index in [1.807, 2.05) is 11.8 Å². The minimum atomic E-state index is 0.499. The molecule has 0 heterocycles. The molecule has 0 saturated heterocycles. The number of hydrogen-bond donors (Lipinski definition) is 0. The highest BCUT2D eigenvalue weighted by molar-refractivity contribution is 7.98. The van der Waals surface area contributed by atoms with Crippen LogP contribution < -0.4 is 0 Å². The van der Waals surface area contributed by atoms with Gasteiger partial charge in [0.05, 0.1) is 6.54 Å². The Kier molecular flexibility index (Phi) is 8.91. The van der Waals surface area contributed by atoms with Crippen LogP contribution in [0.4, 0.5) is 0 Å². The molecule has 0 aliphatic carbocycles. The summed E-state index contributed by atoms with van der Waals surface area (Å²) in [5.74, 6) is 1.24. The zero-order valence-corrected chi connectivity index (χ0v) is 7.32. The van der Waals surface area contributed by atoms with Gasteiger partial charge in [0.15, 0.2) is 0 Å². The van der Waals surface area contributed by atoms with E-state index in [1.54, 1.807) is 0 Å². The molecular formula is C7H15NOS. The van der Waals surface area contributed by atoms with Crippen LogP contribution in [0, 0.1) is 4.91 Å². The van der Waals surface area contributed by atoms with Crippen molar-refractivity contribution in [3.8, 4) is 0 Å². The molecule has 0 rings (SSSR count). The van der Waals surface area contributed by atoms with Gasteiger partial charge < -0.3 is 0 Å². The number of nitroso groups, excluding NO2 is 1. The summed E-state index contributed by atoms with van der Waals surface area (Å²) in [6.07, 6.45) is 6.77. The Morgan fingerprint density at radius 2 is 1.90 bits per heavy atom. The number of rotatable bonds is 7. The fraction of sp³-hybridized carbons (Fsp3) is 1.00. The van der Waals surface area contributed by atoms with E-state index in [9.17, 15) is 4.91 Å². The van der Waals surface area contributed by atoms with Gasteiger partial charge in [0.2, 0.25) is 0 Å². The molecule has 0 aliphatic heterocycles. The smallest absolute Gasteiger partial charge is 0.0811 e. The van der Waals surface area contributed by atoms with Crippen LogP contribution in [-0.2, 0) is 0 Å². The van der Waals surface area contributed by atoms with E-state index in [-0.39, 0.29) is 0 Å². The lowest BCUT2D eigenvalue weighted by molar-refractivity contribution is 0.677. The molecule has 0 aromatic heterocycles. The monoisotopic (exact) mass is 161 g/mol. The highest BCUT2D eigenvalue weighted by Gasteiger charge is 1.88. The molecule has 0 saturated carbocycles. The Morgan fingerprint density at radius 1 is 1.20 bits per heavy atom. The van der Waals surface area contributed by atoms with E-state index in [4.69, 9.17) is 0 Å². The van der Waals surface area contributed by atoms with Gasteiger partial charge in [0.1, 0.15) is 0 Å². The Bertz CT molecular complexity index is 78.0. The number of hydrogen-bond acceptors (Lipinski definition) is 3. The summed E-state index contributed by atoms with van der Waals surface area (Å²) in [6.45, 7) is 0.499. The molecule has 0 aromatic carbocycles. The molecule has 0 aliphatic rings. The fourth-order valence-corrected chi connectivity index (χ4v) is 1.27. The number of nitrogens with zero attached hydrogens (tertiary/aromatic N) is 1. The molecule has 10 heavy (non-hydrogen) atoms. The lowest BCUT2D eigenvalue weighted by Gasteiger charge is -1.95. The molecular weight excluding hydrogens is 146 g/mol. The first-order valence-electron chi connectivity index (χ1n) is 3.70. The first kappa shape index (κ1) is 9.95. The van der Waals surface area contributed by atoms with Crippen LogP contribution in [0.5, 0.6) is 0 Å². The number of thioether (sulfide) groups is 1. The molecule has 0 amide bonds. The fourth-order valence-electron chi connectivity index (χ4n) is 0.776. The van der Waals surface area contributed by atoms with Gasteiger partial charge in [-0.2, -0.15) is 16.7 Å². The predicted octanol–water partition coefficient (Wildman–Crippen LogP) is 2.68. The molecule has 0 spiro atoms. The van der Waals surface area contributed by atoms with E-state index < -0.39 is 0 Å². The van der Waals surface area contributed by atoms with E-state index >= 15 is 0 Å². The van der Waals surface area contributed by atoms with Crippen molar-refractivity contribution in [1.82, 2.24) is 0 Å². The van der Waals surface area contributed by atoms with E-state index in [0.717, 1.165) is 12.8 Å². The lowest BCUT2D eigenvalue weighted by Crippen LogP contribution is -1.82. The van der Waals surface area contributed by atoms with Gasteiger partial charge in [-0.1, -0.05) is 18.0 Å². The van der Waals surface area contributed by atoms with Gasteiger partial charge in [0, 0.05) is 0 Å². The normalized spacial score (nSPS) is 9.70. The third kappa shape index (κ3) is 7.95. The second-order valence-electron chi connectivity index (χ2n) is 2.26. The second kappa shape index (κ2) is 8.95. The van der Waals surface area contributed by atoms with Crippen LogP contribution in [0.15, 0.2) is 5.18 Å². The summed E-state index contributed by atoms with van der Waals surface area (Å²) in [4.78, 5) is 9.64. The van der Waals surface area contributed by atoms with Crippen LogP contribution in [0.25, 0.3) is 0 Å². The van der Waals surface area contributed by atoms with Crippen LogP contribution in [0.3, 0.4) is 0 Å². The number of unbranched alkanes of at least 4 members (excludes halogenated alkanes) is 3. The zero-order valence-electron chi connectivity index (χ0n) is 6.51. The van der Waals surface area contributed by atoms with Crippen LogP contribution >= 0.6 is 11.8 Å². The SMILES string of the molecule is CSCCCCCCN=O. The quantitative estimate of drug-likeness (QED) is 0.424. The Hall–Kier alpha value is -0.0500. The van der Waals surface area contributed by atoms with Crippen LogP contribution in [-0.4, -0.2) is 18.6 Å². The lowest BCUT2D eigenvalue weighted by atomic mass is 10.2. The molecule has 0 unspecified atom stereocenters. The topological polar surface area (TPSA) is 29.4 Å². The van der Waals surface area contributed by atoms with Crippen molar-refractivity contribution in [2.75, 3.05) is 18.6 Å². The summed E-state index contributed by atoms with van der Waals surface area (Å²) in [6, 6.07) is 0. The molecule has 0 aromatic rings. The average molecular weight is 161 g/mol. The Balaban J connectivity index is 2.70. The van der Waals surface area contributed by atoms with Crippen LogP contribution in [0.2, 0.25) is 0 Å². The van der Waals surface area contributed by atoms with Gasteiger partial charge in [0.25, 0.3) is 0 Å². The van der Waals surface area contributed by atoms with Crippen molar-refractivity contribution in [2.24, 2.45) is 5.18 Å². The molecule has 2 nitrogen and oxygen atoms in total. The van der Waals surface area contributed by atoms with E-state index in [1.165, 1.54) is 18.6 Å². The molecule has 3 heteroatoms. The Labute approximate surface area is 66.7 Å². The molecule has 0 atom stereocenters. The maximum atomic E-state index is 9.64. The molecule has 0 radical (unpaired) electrons. The van der Waals surface area contributed by atoms with Gasteiger partial charge in [-0.15, -0.1) is 0 Å². The maximum Gasteiger partial charge on any atom is 0.0811 e. The summed E-state index contributed by atoms with van der Waals surface area (Å²) in [7, 11) is 0. The summed E-state index contributed by atoms with van der Waals surface area (Å²) < 4.78 is 0. The largest absolute Gasteiger partial charge is 0.165 e. The van der Waals surface area contributed by atoms with E-state index in [2.05, 4.69) is 11.4 Å². The first-order chi connectivity index (χ1) is 4.91. The van der Waals surface area contributed by atoms with Gasteiger partial charge in [-0.3, -0.25) is 0 Å². The zero-order chi connectivity index (χ0) is 7.66. The molecule has 0 fully saturated rings. The minimum absolute atomic E-state index is 0.499. The highest BCUT2D eigenvalue weighted by atomic mass is 32.2. The van der Waals surface area contributed by atoms with Gasteiger partial charge >= 0.3 is 0 Å². The summed E-state index contributed by atoms with van der Waals surface area (Å²) in [5, 5.41) is 2.80. The van der Waals surface area contributed by atoms with Crippen molar-refractivity contribution >= 4 is 11.8 Å². The van der Waals surface area contributed by atoms with Crippen molar-refractivity contribution in [3.63, 3.8) is 0 Å². The standard InChI is InChI=1S/C7H15NOS/c1-10-7-5-3-2-4-6-8-9/h2-7H2,1H3. The summed E-state index contributed by atoms with van der Waals surface area (Å²) >= 11 is 1.88. The summed E-state index contributed by atoms with van der Waals surface area (Å²) in [5.41, 5.74) is 0. The molecule has 0 bridgehead atoms. The average Bonchev–Trinajstić information content (AvgIpc) is 1.97. The second-order valence-corrected chi connectivity index (χ2v) is 3.25. The van der Waals surface area contributed by atoms with Crippen LogP contribution in [0.1, 0.15) is 25.7 Å². The highest BCUT2D eigenvalue weighted by Crippen LogP contribution is 2.04.